The maximum absolute atomic E-state index is 14.4. The van der Waals surface area contributed by atoms with Crippen molar-refractivity contribution < 1.29 is 39.8 Å². The standard InChI is InChI=1S/C17H11F5N2O4S2/c1-27-10-2-9(17(20,21)22)3-11(4-10)28-14-5-13(19)15(6-12(14)18)30(25,26)7-16-23-8-24-29-16/h2-6,8H,7H2,1H3. The Hall–Kier alpha value is -2.80. The van der Waals surface area contributed by atoms with Crippen LogP contribution in [0.3, 0.4) is 0 Å². The number of alkyl halides is 3. The van der Waals surface area contributed by atoms with Crippen LogP contribution in [0.15, 0.2) is 41.6 Å². The van der Waals surface area contributed by atoms with Crippen molar-refractivity contribution in [1.29, 1.82) is 0 Å². The van der Waals surface area contributed by atoms with Crippen molar-refractivity contribution in [1.82, 2.24) is 9.36 Å². The third kappa shape index (κ3) is 4.84. The number of hydrogen-bond donors (Lipinski definition) is 0. The molecule has 0 aliphatic carbocycles. The summed E-state index contributed by atoms with van der Waals surface area (Å²) in [7, 11) is -3.17. The molecule has 0 N–H and O–H groups in total. The van der Waals surface area contributed by atoms with Gasteiger partial charge in [0.25, 0.3) is 0 Å². The molecule has 0 fully saturated rings. The van der Waals surface area contributed by atoms with Crippen LogP contribution in [-0.2, 0) is 21.8 Å². The van der Waals surface area contributed by atoms with E-state index >= 15 is 0 Å². The molecule has 0 bridgehead atoms. The zero-order valence-electron chi connectivity index (χ0n) is 14.9. The minimum atomic E-state index is -4.74. The van der Waals surface area contributed by atoms with E-state index in [4.69, 9.17) is 9.47 Å². The Kier molecular flexibility index (Phi) is 5.94. The van der Waals surface area contributed by atoms with Crippen LogP contribution < -0.4 is 9.47 Å². The van der Waals surface area contributed by atoms with E-state index in [1.165, 1.54) is 0 Å². The molecule has 0 atom stereocenters. The highest BCUT2D eigenvalue weighted by Crippen LogP contribution is 2.37. The number of methoxy groups -OCH3 is 1. The van der Waals surface area contributed by atoms with Gasteiger partial charge in [-0.25, -0.2) is 22.2 Å². The van der Waals surface area contributed by atoms with E-state index in [-0.39, 0.29) is 10.8 Å². The van der Waals surface area contributed by atoms with E-state index in [2.05, 4.69) is 9.36 Å². The van der Waals surface area contributed by atoms with Crippen LogP contribution in [-0.4, -0.2) is 24.9 Å². The second-order valence-corrected chi connectivity index (χ2v) is 8.63. The summed E-state index contributed by atoms with van der Waals surface area (Å²) in [5.74, 6) is -4.83. The van der Waals surface area contributed by atoms with Crippen molar-refractivity contribution in [2.45, 2.75) is 16.8 Å². The Balaban J connectivity index is 1.95. The Morgan fingerprint density at radius 1 is 1.03 bits per heavy atom. The maximum Gasteiger partial charge on any atom is 0.416 e. The topological polar surface area (TPSA) is 78.4 Å². The van der Waals surface area contributed by atoms with E-state index in [0.29, 0.717) is 24.3 Å². The molecule has 0 unspecified atom stereocenters. The summed E-state index contributed by atoms with van der Waals surface area (Å²) >= 11 is 0.781. The molecule has 3 rings (SSSR count). The number of benzene rings is 2. The van der Waals surface area contributed by atoms with Crippen molar-refractivity contribution in [3.05, 3.63) is 58.9 Å². The van der Waals surface area contributed by atoms with Crippen molar-refractivity contribution in [2.75, 3.05) is 7.11 Å². The van der Waals surface area contributed by atoms with Crippen molar-refractivity contribution >= 4 is 21.4 Å². The van der Waals surface area contributed by atoms with Gasteiger partial charge in [-0.15, -0.1) is 0 Å². The second kappa shape index (κ2) is 8.14. The van der Waals surface area contributed by atoms with Gasteiger partial charge in [0, 0.05) is 12.1 Å². The van der Waals surface area contributed by atoms with Crippen molar-refractivity contribution in [3.8, 4) is 17.2 Å². The summed E-state index contributed by atoms with van der Waals surface area (Å²) < 4.78 is 106. The predicted molar refractivity (Wildman–Crippen MR) is 95.2 cm³/mol. The number of nitrogens with zero attached hydrogens (tertiary/aromatic N) is 2. The number of hydrogen-bond acceptors (Lipinski definition) is 7. The Morgan fingerprint density at radius 3 is 2.33 bits per heavy atom. The first-order chi connectivity index (χ1) is 14.0. The highest BCUT2D eigenvalue weighted by Gasteiger charge is 2.32. The van der Waals surface area contributed by atoms with Crippen LogP contribution in [0.5, 0.6) is 17.2 Å². The molecular weight excluding hydrogens is 455 g/mol. The lowest BCUT2D eigenvalue weighted by molar-refractivity contribution is -0.137. The molecule has 30 heavy (non-hydrogen) atoms. The zero-order valence-corrected chi connectivity index (χ0v) is 16.5. The molecule has 0 aliphatic rings. The highest BCUT2D eigenvalue weighted by molar-refractivity contribution is 7.90. The SMILES string of the molecule is COc1cc(Oc2cc(F)c(S(=O)(=O)Cc3ncns3)cc2F)cc(C(F)(F)F)c1. The maximum atomic E-state index is 14.4. The minimum absolute atomic E-state index is 0.0752. The fourth-order valence-corrected chi connectivity index (χ4v) is 4.55. The molecule has 0 saturated carbocycles. The first-order valence-electron chi connectivity index (χ1n) is 7.91. The van der Waals surface area contributed by atoms with E-state index in [1.54, 1.807) is 0 Å². The fourth-order valence-electron chi connectivity index (χ4n) is 2.37. The van der Waals surface area contributed by atoms with Crippen LogP contribution in [0.2, 0.25) is 0 Å². The van der Waals surface area contributed by atoms with Gasteiger partial charge >= 0.3 is 6.18 Å². The summed E-state index contributed by atoms with van der Waals surface area (Å²) in [4.78, 5) is 2.74. The highest BCUT2D eigenvalue weighted by atomic mass is 32.2. The summed E-state index contributed by atoms with van der Waals surface area (Å²) in [5.41, 5.74) is -1.13. The quantitative estimate of drug-likeness (QED) is 0.494. The monoisotopic (exact) mass is 466 g/mol. The predicted octanol–water partition coefficient (Wildman–Crippen LogP) is 4.61. The van der Waals surface area contributed by atoms with E-state index in [0.717, 1.165) is 31.0 Å². The number of halogens is 5. The number of rotatable bonds is 6. The summed E-state index contributed by atoms with van der Waals surface area (Å²) in [6.45, 7) is 0. The van der Waals surface area contributed by atoms with Gasteiger partial charge in [0.2, 0.25) is 0 Å². The van der Waals surface area contributed by atoms with Crippen LogP contribution in [0.1, 0.15) is 10.6 Å². The van der Waals surface area contributed by atoms with Gasteiger partial charge in [0.05, 0.1) is 12.7 Å². The van der Waals surface area contributed by atoms with Crippen LogP contribution in [0.4, 0.5) is 22.0 Å². The minimum Gasteiger partial charge on any atom is -0.497 e. The third-order valence-electron chi connectivity index (χ3n) is 3.71. The van der Waals surface area contributed by atoms with Crippen LogP contribution in [0, 0.1) is 11.6 Å². The van der Waals surface area contributed by atoms with Gasteiger partial charge in [-0.3, -0.25) is 0 Å². The van der Waals surface area contributed by atoms with Crippen molar-refractivity contribution in [3.63, 3.8) is 0 Å². The average Bonchev–Trinajstić information content (AvgIpc) is 3.15. The normalized spacial score (nSPS) is 12.1. The van der Waals surface area contributed by atoms with E-state index in [9.17, 15) is 30.4 Å². The number of aromatic nitrogens is 2. The summed E-state index contributed by atoms with van der Waals surface area (Å²) in [6.07, 6.45) is -3.62. The molecule has 160 valence electrons. The van der Waals surface area contributed by atoms with Gasteiger partial charge in [-0.2, -0.15) is 17.5 Å². The molecule has 1 aromatic heterocycles. The molecule has 2 aromatic carbocycles. The first-order valence-corrected chi connectivity index (χ1v) is 10.3. The molecule has 13 heteroatoms. The Bertz CT molecular complexity index is 1170. The zero-order chi connectivity index (χ0) is 22.1. The van der Waals surface area contributed by atoms with Gasteiger partial charge < -0.3 is 9.47 Å². The molecule has 0 amide bonds. The largest absolute Gasteiger partial charge is 0.497 e. The lowest BCUT2D eigenvalue weighted by Gasteiger charge is -2.13. The van der Waals surface area contributed by atoms with E-state index in [1.807, 2.05) is 0 Å². The number of sulfone groups is 1. The van der Waals surface area contributed by atoms with E-state index < -0.39 is 55.4 Å². The van der Waals surface area contributed by atoms with Gasteiger partial charge in [-0.05, 0) is 29.7 Å². The number of ether oxygens (including phenoxy) is 2. The smallest absolute Gasteiger partial charge is 0.416 e. The van der Waals surface area contributed by atoms with Crippen molar-refractivity contribution in [2.24, 2.45) is 0 Å². The molecule has 6 nitrogen and oxygen atoms in total. The lowest BCUT2D eigenvalue weighted by atomic mass is 10.2. The van der Waals surface area contributed by atoms with Crippen LogP contribution in [0.25, 0.3) is 0 Å². The van der Waals surface area contributed by atoms with Crippen LogP contribution >= 0.6 is 11.5 Å². The molecular formula is C17H11F5N2O4S2. The fraction of sp³-hybridized carbons (Fsp3) is 0.176. The van der Waals surface area contributed by atoms with Gasteiger partial charge in [0.15, 0.2) is 21.4 Å². The van der Waals surface area contributed by atoms with Gasteiger partial charge in [0.1, 0.15) is 39.3 Å². The lowest BCUT2D eigenvalue weighted by Crippen LogP contribution is -2.08. The molecule has 0 spiro atoms. The molecule has 1 heterocycles. The summed E-state index contributed by atoms with van der Waals surface area (Å²) in [6, 6.07) is 3.14. The molecule has 3 aromatic rings. The third-order valence-corrected chi connectivity index (χ3v) is 6.19. The average molecular weight is 466 g/mol. The molecule has 0 aliphatic heterocycles. The first kappa shape index (κ1) is 21.9. The van der Waals surface area contributed by atoms with Gasteiger partial charge in [-0.1, -0.05) is 0 Å². The summed E-state index contributed by atoms with van der Waals surface area (Å²) in [5, 5.41) is 0.0752. The second-order valence-electron chi connectivity index (χ2n) is 5.80. The Morgan fingerprint density at radius 2 is 1.73 bits per heavy atom. The molecule has 0 saturated heterocycles. The Labute approximate surface area is 171 Å². The molecule has 0 radical (unpaired) electrons.